The SMILES string of the molecule is CCn1cc(OCC(=O)N[C@H](C)c2ccc(F)cc2)cn1. The molecule has 112 valence electrons. The number of benzene rings is 1. The van der Waals surface area contributed by atoms with E-state index in [0.717, 1.165) is 12.1 Å². The number of carbonyl (C=O) groups excluding carboxylic acids is 1. The van der Waals surface area contributed by atoms with Gasteiger partial charge < -0.3 is 10.1 Å². The van der Waals surface area contributed by atoms with Crippen molar-refractivity contribution in [1.82, 2.24) is 15.1 Å². The van der Waals surface area contributed by atoms with E-state index in [9.17, 15) is 9.18 Å². The fraction of sp³-hybridized carbons (Fsp3) is 0.333. The van der Waals surface area contributed by atoms with E-state index in [-0.39, 0.29) is 24.4 Å². The van der Waals surface area contributed by atoms with Crippen molar-refractivity contribution in [1.29, 1.82) is 0 Å². The molecule has 2 rings (SSSR count). The van der Waals surface area contributed by atoms with E-state index < -0.39 is 0 Å². The molecule has 0 saturated carbocycles. The Bertz CT molecular complexity index is 595. The third kappa shape index (κ3) is 4.30. The van der Waals surface area contributed by atoms with Crippen LogP contribution < -0.4 is 10.1 Å². The molecule has 5 nitrogen and oxygen atoms in total. The number of aromatic nitrogens is 2. The van der Waals surface area contributed by atoms with Crippen LogP contribution in [0.4, 0.5) is 4.39 Å². The monoisotopic (exact) mass is 291 g/mol. The molecular formula is C15H18FN3O2. The van der Waals surface area contributed by atoms with Gasteiger partial charge in [-0.15, -0.1) is 0 Å². The minimum absolute atomic E-state index is 0.0824. The highest BCUT2D eigenvalue weighted by Gasteiger charge is 2.10. The fourth-order valence-corrected chi connectivity index (χ4v) is 1.86. The topological polar surface area (TPSA) is 56.1 Å². The minimum Gasteiger partial charge on any atom is -0.480 e. The van der Waals surface area contributed by atoms with Gasteiger partial charge in [0.15, 0.2) is 12.4 Å². The van der Waals surface area contributed by atoms with Gasteiger partial charge in [0.25, 0.3) is 5.91 Å². The summed E-state index contributed by atoms with van der Waals surface area (Å²) >= 11 is 0. The highest BCUT2D eigenvalue weighted by Crippen LogP contribution is 2.13. The van der Waals surface area contributed by atoms with Gasteiger partial charge in [0.05, 0.1) is 18.4 Å². The number of rotatable bonds is 6. The molecule has 0 bridgehead atoms. The molecule has 6 heteroatoms. The predicted octanol–water partition coefficient (Wildman–Crippen LogP) is 2.30. The normalized spacial score (nSPS) is 12.0. The van der Waals surface area contributed by atoms with Crippen molar-refractivity contribution in [3.05, 3.63) is 48.0 Å². The van der Waals surface area contributed by atoms with Crippen LogP contribution in [0.15, 0.2) is 36.7 Å². The third-order valence-corrected chi connectivity index (χ3v) is 3.05. The van der Waals surface area contributed by atoms with E-state index >= 15 is 0 Å². The first-order chi connectivity index (χ1) is 10.1. The molecule has 1 heterocycles. The van der Waals surface area contributed by atoms with E-state index in [1.807, 2.05) is 13.8 Å². The van der Waals surface area contributed by atoms with Crippen molar-refractivity contribution < 1.29 is 13.9 Å². The Labute approximate surface area is 122 Å². The summed E-state index contributed by atoms with van der Waals surface area (Å²) in [7, 11) is 0. The summed E-state index contributed by atoms with van der Waals surface area (Å²) < 4.78 is 19.9. The molecule has 0 aliphatic heterocycles. The summed E-state index contributed by atoms with van der Waals surface area (Å²) in [6.45, 7) is 4.46. The van der Waals surface area contributed by atoms with Gasteiger partial charge in [-0.25, -0.2) is 4.39 Å². The Kier molecular flexibility index (Phi) is 4.92. The average Bonchev–Trinajstić information content (AvgIpc) is 2.94. The predicted molar refractivity (Wildman–Crippen MR) is 76.4 cm³/mol. The first-order valence-electron chi connectivity index (χ1n) is 6.78. The molecule has 1 aromatic heterocycles. The zero-order valence-electron chi connectivity index (χ0n) is 12.0. The lowest BCUT2D eigenvalue weighted by atomic mass is 10.1. The molecular weight excluding hydrogens is 273 g/mol. The summed E-state index contributed by atoms with van der Waals surface area (Å²) in [6.07, 6.45) is 3.30. The molecule has 21 heavy (non-hydrogen) atoms. The van der Waals surface area contributed by atoms with Crippen LogP contribution >= 0.6 is 0 Å². The van der Waals surface area contributed by atoms with Crippen LogP contribution in [0.5, 0.6) is 5.75 Å². The minimum atomic E-state index is -0.298. The average molecular weight is 291 g/mol. The summed E-state index contributed by atoms with van der Waals surface area (Å²) in [5.74, 6) is 0.0195. The lowest BCUT2D eigenvalue weighted by Crippen LogP contribution is -2.31. The Hall–Kier alpha value is -2.37. The van der Waals surface area contributed by atoms with Crippen molar-refractivity contribution in [2.24, 2.45) is 0 Å². The van der Waals surface area contributed by atoms with Crippen LogP contribution in [0.2, 0.25) is 0 Å². The number of hydrogen-bond donors (Lipinski definition) is 1. The van der Waals surface area contributed by atoms with Gasteiger partial charge in [-0.3, -0.25) is 9.48 Å². The smallest absolute Gasteiger partial charge is 0.258 e. The van der Waals surface area contributed by atoms with E-state index in [0.29, 0.717) is 5.75 Å². The molecule has 0 radical (unpaired) electrons. The Morgan fingerprint density at radius 3 is 2.76 bits per heavy atom. The van der Waals surface area contributed by atoms with Crippen molar-refractivity contribution in [2.45, 2.75) is 26.4 Å². The maximum absolute atomic E-state index is 12.8. The molecule has 0 spiro atoms. The molecule has 1 N–H and O–H groups in total. The van der Waals surface area contributed by atoms with Crippen molar-refractivity contribution in [2.75, 3.05) is 6.61 Å². The second-order valence-electron chi connectivity index (χ2n) is 4.66. The van der Waals surface area contributed by atoms with E-state index in [1.165, 1.54) is 12.1 Å². The van der Waals surface area contributed by atoms with Gasteiger partial charge in [-0.2, -0.15) is 5.10 Å². The number of amides is 1. The fourth-order valence-electron chi connectivity index (χ4n) is 1.86. The second-order valence-corrected chi connectivity index (χ2v) is 4.66. The van der Waals surface area contributed by atoms with Crippen molar-refractivity contribution >= 4 is 5.91 Å². The van der Waals surface area contributed by atoms with Crippen LogP contribution in [0.25, 0.3) is 0 Å². The van der Waals surface area contributed by atoms with Crippen molar-refractivity contribution in [3.8, 4) is 5.75 Å². The third-order valence-electron chi connectivity index (χ3n) is 3.05. The van der Waals surface area contributed by atoms with E-state index in [4.69, 9.17) is 4.74 Å². The molecule has 1 amide bonds. The standard InChI is InChI=1S/C15H18FN3O2/c1-3-19-9-14(8-17-19)21-10-15(20)18-11(2)12-4-6-13(16)7-5-12/h4-9,11H,3,10H2,1-2H3,(H,18,20)/t11-/m1/s1. The lowest BCUT2D eigenvalue weighted by Gasteiger charge is -2.14. The molecule has 0 saturated heterocycles. The highest BCUT2D eigenvalue weighted by molar-refractivity contribution is 5.77. The molecule has 1 atom stereocenters. The first-order valence-corrected chi connectivity index (χ1v) is 6.78. The number of nitrogens with one attached hydrogen (secondary N) is 1. The maximum Gasteiger partial charge on any atom is 0.258 e. The van der Waals surface area contributed by atoms with Crippen LogP contribution in [0.3, 0.4) is 0 Å². The first kappa shape index (κ1) is 15.0. The van der Waals surface area contributed by atoms with E-state index in [2.05, 4.69) is 10.4 Å². The van der Waals surface area contributed by atoms with Gasteiger partial charge in [-0.05, 0) is 31.5 Å². The number of halogens is 1. The number of hydrogen-bond acceptors (Lipinski definition) is 3. The Balaban J connectivity index is 1.82. The Morgan fingerprint density at radius 2 is 2.14 bits per heavy atom. The summed E-state index contributed by atoms with van der Waals surface area (Å²) in [5, 5.41) is 6.85. The number of aryl methyl sites for hydroxylation is 1. The van der Waals surface area contributed by atoms with Gasteiger partial charge in [0.2, 0.25) is 0 Å². The zero-order chi connectivity index (χ0) is 15.2. The highest BCUT2D eigenvalue weighted by atomic mass is 19.1. The van der Waals surface area contributed by atoms with Crippen LogP contribution in [0.1, 0.15) is 25.5 Å². The lowest BCUT2D eigenvalue weighted by molar-refractivity contribution is -0.123. The quantitative estimate of drug-likeness (QED) is 0.888. The molecule has 0 aliphatic rings. The second kappa shape index (κ2) is 6.88. The number of ether oxygens (including phenoxy) is 1. The van der Waals surface area contributed by atoms with Gasteiger partial charge in [0, 0.05) is 6.54 Å². The van der Waals surface area contributed by atoms with Crippen LogP contribution in [0, 0.1) is 5.82 Å². The summed E-state index contributed by atoms with van der Waals surface area (Å²) in [4.78, 5) is 11.8. The molecule has 0 fully saturated rings. The van der Waals surface area contributed by atoms with Crippen molar-refractivity contribution in [3.63, 3.8) is 0 Å². The maximum atomic E-state index is 12.8. The molecule has 0 unspecified atom stereocenters. The van der Waals surface area contributed by atoms with E-state index in [1.54, 1.807) is 29.2 Å². The zero-order valence-corrected chi connectivity index (χ0v) is 12.0. The number of carbonyl (C=O) groups is 1. The van der Waals surface area contributed by atoms with Gasteiger partial charge >= 0.3 is 0 Å². The summed E-state index contributed by atoms with van der Waals surface area (Å²) in [6, 6.07) is 5.82. The molecule has 2 aromatic rings. The van der Waals surface area contributed by atoms with Crippen LogP contribution in [-0.2, 0) is 11.3 Å². The molecule has 1 aromatic carbocycles. The molecule has 0 aliphatic carbocycles. The van der Waals surface area contributed by atoms with Gasteiger partial charge in [0.1, 0.15) is 5.82 Å². The summed E-state index contributed by atoms with van der Waals surface area (Å²) in [5.41, 5.74) is 0.837. The largest absolute Gasteiger partial charge is 0.480 e. The van der Waals surface area contributed by atoms with Gasteiger partial charge in [-0.1, -0.05) is 12.1 Å². The van der Waals surface area contributed by atoms with Crippen LogP contribution in [-0.4, -0.2) is 22.3 Å². The number of nitrogens with zero attached hydrogens (tertiary/aromatic N) is 2. The Morgan fingerprint density at radius 1 is 1.43 bits per heavy atom.